The van der Waals surface area contributed by atoms with Crippen molar-refractivity contribution >= 4 is 17.4 Å². The number of nitrogens with one attached hydrogen (secondary N) is 1. The van der Waals surface area contributed by atoms with Crippen LogP contribution in [0.5, 0.6) is 0 Å². The highest BCUT2D eigenvalue weighted by atomic mass is 16.1. The Labute approximate surface area is 97.9 Å². The van der Waals surface area contributed by atoms with E-state index in [2.05, 4.69) is 20.3 Å². The number of anilines is 2. The topological polar surface area (TPSA) is 93.8 Å². The average Bonchev–Trinajstić information content (AvgIpc) is 2.33. The molecule has 0 fully saturated rings. The van der Waals surface area contributed by atoms with Crippen molar-refractivity contribution in [3.63, 3.8) is 0 Å². The molecule has 2 rings (SSSR count). The fourth-order valence-electron chi connectivity index (χ4n) is 1.20. The van der Waals surface area contributed by atoms with Gasteiger partial charge < -0.3 is 11.1 Å². The molecule has 1 amide bonds. The second-order valence-corrected chi connectivity index (χ2v) is 3.44. The molecule has 0 aromatic carbocycles. The first-order chi connectivity index (χ1) is 8.16. The number of amides is 1. The minimum Gasteiger partial charge on any atom is -0.396 e. The van der Waals surface area contributed by atoms with Crippen molar-refractivity contribution in [2.75, 3.05) is 11.1 Å². The van der Waals surface area contributed by atoms with Crippen molar-refractivity contribution in [3.05, 3.63) is 42.1 Å². The van der Waals surface area contributed by atoms with Gasteiger partial charge in [-0.25, -0.2) is 9.97 Å². The summed E-state index contributed by atoms with van der Waals surface area (Å²) in [5, 5.41) is 2.57. The third-order valence-electron chi connectivity index (χ3n) is 2.08. The molecule has 0 spiro atoms. The molecular formula is C11H11N5O. The second kappa shape index (κ2) is 4.56. The fourth-order valence-corrected chi connectivity index (χ4v) is 1.20. The van der Waals surface area contributed by atoms with Gasteiger partial charge in [0, 0.05) is 12.4 Å². The molecule has 2 aromatic heterocycles. The molecule has 0 bridgehead atoms. The molecule has 3 N–H and O–H groups in total. The summed E-state index contributed by atoms with van der Waals surface area (Å²) < 4.78 is 0. The maximum atomic E-state index is 11.8. The van der Waals surface area contributed by atoms with E-state index in [4.69, 9.17) is 5.73 Å². The molecule has 6 heteroatoms. The number of nitrogens with zero attached hydrogens (tertiary/aromatic N) is 3. The molecule has 0 saturated heterocycles. The summed E-state index contributed by atoms with van der Waals surface area (Å²) in [5.74, 6) is -0.0669. The third-order valence-corrected chi connectivity index (χ3v) is 2.08. The lowest BCUT2D eigenvalue weighted by atomic mass is 10.3. The van der Waals surface area contributed by atoms with E-state index in [1.54, 1.807) is 25.3 Å². The molecule has 0 saturated carbocycles. The Kier molecular flexibility index (Phi) is 2.95. The van der Waals surface area contributed by atoms with E-state index in [1.807, 2.05) is 0 Å². The number of rotatable bonds is 2. The Morgan fingerprint density at radius 2 is 2.12 bits per heavy atom. The molecule has 2 aromatic rings. The zero-order valence-corrected chi connectivity index (χ0v) is 9.21. The van der Waals surface area contributed by atoms with Crippen LogP contribution >= 0.6 is 0 Å². The van der Waals surface area contributed by atoms with E-state index in [0.717, 1.165) is 5.69 Å². The number of hydrogen-bond acceptors (Lipinski definition) is 5. The number of aryl methyl sites for hydroxylation is 1. The SMILES string of the molecule is Cc1cnc(C(=O)Nc2ncccc2N)cn1. The van der Waals surface area contributed by atoms with Crippen molar-refractivity contribution in [1.29, 1.82) is 0 Å². The predicted molar refractivity (Wildman–Crippen MR) is 63.4 cm³/mol. The maximum absolute atomic E-state index is 11.8. The van der Waals surface area contributed by atoms with E-state index in [1.165, 1.54) is 12.4 Å². The summed E-state index contributed by atoms with van der Waals surface area (Å²) in [6, 6.07) is 3.35. The van der Waals surface area contributed by atoms with Gasteiger partial charge in [0.15, 0.2) is 5.82 Å². The number of hydrogen-bond donors (Lipinski definition) is 2. The zero-order valence-electron chi connectivity index (χ0n) is 9.21. The van der Waals surface area contributed by atoms with Gasteiger partial charge in [-0.05, 0) is 19.1 Å². The van der Waals surface area contributed by atoms with Crippen LogP contribution in [-0.4, -0.2) is 20.9 Å². The first-order valence-corrected chi connectivity index (χ1v) is 4.97. The van der Waals surface area contributed by atoms with Crippen LogP contribution in [0.15, 0.2) is 30.7 Å². The van der Waals surface area contributed by atoms with Crippen LogP contribution in [-0.2, 0) is 0 Å². The van der Waals surface area contributed by atoms with Crippen LogP contribution in [0.25, 0.3) is 0 Å². The summed E-state index contributed by atoms with van der Waals surface area (Å²) in [4.78, 5) is 23.7. The number of aromatic nitrogens is 3. The van der Waals surface area contributed by atoms with Crippen molar-refractivity contribution in [2.45, 2.75) is 6.92 Å². The van der Waals surface area contributed by atoms with Crippen LogP contribution in [0.4, 0.5) is 11.5 Å². The highest BCUT2D eigenvalue weighted by molar-refractivity contribution is 6.03. The normalized spacial score (nSPS) is 9.94. The van der Waals surface area contributed by atoms with Crippen LogP contribution in [0.3, 0.4) is 0 Å². The van der Waals surface area contributed by atoms with Gasteiger partial charge in [-0.1, -0.05) is 0 Å². The minimum atomic E-state index is -0.386. The lowest BCUT2D eigenvalue weighted by molar-refractivity contribution is 0.102. The molecule has 0 radical (unpaired) electrons. The van der Waals surface area contributed by atoms with E-state index in [-0.39, 0.29) is 11.6 Å². The largest absolute Gasteiger partial charge is 0.396 e. The first-order valence-electron chi connectivity index (χ1n) is 4.97. The quantitative estimate of drug-likeness (QED) is 0.801. The van der Waals surface area contributed by atoms with E-state index in [9.17, 15) is 4.79 Å². The molecule has 0 aliphatic rings. The van der Waals surface area contributed by atoms with E-state index >= 15 is 0 Å². The van der Waals surface area contributed by atoms with Crippen molar-refractivity contribution in [2.24, 2.45) is 0 Å². The van der Waals surface area contributed by atoms with Crippen molar-refractivity contribution < 1.29 is 4.79 Å². The lowest BCUT2D eigenvalue weighted by Crippen LogP contribution is -2.16. The molecule has 6 nitrogen and oxygen atoms in total. The van der Waals surface area contributed by atoms with Crippen LogP contribution < -0.4 is 11.1 Å². The second-order valence-electron chi connectivity index (χ2n) is 3.44. The molecule has 86 valence electrons. The summed E-state index contributed by atoms with van der Waals surface area (Å²) in [6.45, 7) is 1.80. The molecule has 0 aliphatic carbocycles. The molecule has 0 unspecified atom stereocenters. The summed E-state index contributed by atoms with van der Waals surface area (Å²) >= 11 is 0. The molecule has 2 heterocycles. The standard InChI is InChI=1S/C11H11N5O/c1-7-5-15-9(6-14-7)11(17)16-10-8(12)3-2-4-13-10/h2-6H,12H2,1H3,(H,13,16,17). The summed E-state index contributed by atoms with van der Waals surface area (Å²) in [7, 11) is 0. The van der Waals surface area contributed by atoms with Gasteiger partial charge in [0.05, 0.1) is 17.6 Å². The monoisotopic (exact) mass is 229 g/mol. The van der Waals surface area contributed by atoms with E-state index < -0.39 is 0 Å². The number of carbonyl (C=O) groups excluding carboxylic acids is 1. The summed E-state index contributed by atoms with van der Waals surface area (Å²) in [6.07, 6.45) is 4.48. The predicted octanol–water partition coefficient (Wildman–Crippen LogP) is 1.01. The Bertz CT molecular complexity index is 538. The number of nitrogens with two attached hydrogens (primary N) is 1. The van der Waals surface area contributed by atoms with Gasteiger partial charge >= 0.3 is 0 Å². The molecule has 17 heavy (non-hydrogen) atoms. The Morgan fingerprint density at radius 1 is 1.29 bits per heavy atom. The smallest absolute Gasteiger partial charge is 0.277 e. The number of nitrogen functional groups attached to an aromatic ring is 1. The van der Waals surface area contributed by atoms with Gasteiger partial charge in [0.25, 0.3) is 5.91 Å². The first kappa shape index (κ1) is 11.0. The Balaban J connectivity index is 2.17. The van der Waals surface area contributed by atoms with Crippen LogP contribution in [0.1, 0.15) is 16.2 Å². The van der Waals surface area contributed by atoms with Crippen LogP contribution in [0, 0.1) is 6.92 Å². The maximum Gasteiger partial charge on any atom is 0.277 e. The van der Waals surface area contributed by atoms with Crippen molar-refractivity contribution in [1.82, 2.24) is 15.0 Å². The van der Waals surface area contributed by atoms with Crippen LogP contribution in [0.2, 0.25) is 0 Å². The zero-order chi connectivity index (χ0) is 12.3. The molecular weight excluding hydrogens is 218 g/mol. The lowest BCUT2D eigenvalue weighted by Gasteiger charge is -2.05. The van der Waals surface area contributed by atoms with Gasteiger partial charge in [0.2, 0.25) is 0 Å². The molecule has 0 aliphatic heterocycles. The highest BCUT2D eigenvalue weighted by Gasteiger charge is 2.09. The van der Waals surface area contributed by atoms with Crippen molar-refractivity contribution in [3.8, 4) is 0 Å². The van der Waals surface area contributed by atoms with Gasteiger partial charge in [-0.15, -0.1) is 0 Å². The fraction of sp³-hybridized carbons (Fsp3) is 0.0909. The number of carbonyl (C=O) groups is 1. The Hall–Kier alpha value is -2.50. The summed E-state index contributed by atoms with van der Waals surface area (Å²) in [5.41, 5.74) is 7.03. The molecule has 0 atom stereocenters. The average molecular weight is 229 g/mol. The number of pyridine rings is 1. The van der Waals surface area contributed by atoms with Gasteiger partial charge in [-0.3, -0.25) is 9.78 Å². The highest BCUT2D eigenvalue weighted by Crippen LogP contribution is 2.13. The van der Waals surface area contributed by atoms with Gasteiger partial charge in [0.1, 0.15) is 5.69 Å². The Morgan fingerprint density at radius 3 is 2.76 bits per heavy atom. The van der Waals surface area contributed by atoms with Gasteiger partial charge in [-0.2, -0.15) is 0 Å². The minimum absolute atomic E-state index is 0.223. The van der Waals surface area contributed by atoms with E-state index in [0.29, 0.717) is 11.5 Å². The third kappa shape index (κ3) is 2.54.